The number of carbonyl (C=O) groups excluding carboxylic acids is 1. The van der Waals surface area contributed by atoms with Crippen molar-refractivity contribution >= 4 is 11.9 Å². The normalized spacial score (nSPS) is 21.6. The van der Waals surface area contributed by atoms with Crippen molar-refractivity contribution in [1.29, 1.82) is 0 Å². The summed E-state index contributed by atoms with van der Waals surface area (Å²) >= 11 is 0. The average Bonchev–Trinajstić information content (AvgIpc) is 2.87. The van der Waals surface area contributed by atoms with E-state index < -0.39 is 11.9 Å². The minimum atomic E-state index is -0.804. The first-order valence-corrected chi connectivity index (χ1v) is 6.54. The van der Waals surface area contributed by atoms with E-state index in [9.17, 15) is 14.4 Å². The molecule has 1 aromatic rings. The first-order valence-electron chi connectivity index (χ1n) is 6.54. The fraction of sp³-hybridized carbons (Fsp3) is 0.538. The third-order valence-corrected chi connectivity index (χ3v) is 3.69. The largest absolute Gasteiger partial charge is 0.481 e. The summed E-state index contributed by atoms with van der Waals surface area (Å²) in [4.78, 5) is 34.1. The smallest absolute Gasteiger partial charge is 0.306 e. The molecule has 1 aromatic heterocycles. The highest BCUT2D eigenvalue weighted by molar-refractivity contribution is 5.92. The molecular formula is C13H17N3O4. The van der Waals surface area contributed by atoms with Gasteiger partial charge in [-0.1, -0.05) is 6.42 Å². The number of hydrogen-bond donors (Lipinski definition) is 2. The van der Waals surface area contributed by atoms with Crippen LogP contribution in [0.15, 0.2) is 16.9 Å². The maximum Gasteiger partial charge on any atom is 0.306 e. The minimum absolute atomic E-state index is 0.0380. The Kier molecular flexibility index (Phi) is 4.16. The van der Waals surface area contributed by atoms with E-state index in [2.05, 4.69) is 10.4 Å². The molecule has 1 fully saturated rings. The average molecular weight is 279 g/mol. The summed E-state index contributed by atoms with van der Waals surface area (Å²) in [6, 6.07) is 2.64. The van der Waals surface area contributed by atoms with Crippen LogP contribution in [0.25, 0.3) is 0 Å². The van der Waals surface area contributed by atoms with Gasteiger partial charge < -0.3 is 10.4 Å². The molecule has 7 nitrogen and oxygen atoms in total. The first-order chi connectivity index (χ1) is 9.49. The second-order valence-corrected chi connectivity index (χ2v) is 5.03. The second-order valence-electron chi connectivity index (χ2n) is 5.03. The topological polar surface area (TPSA) is 101 Å². The van der Waals surface area contributed by atoms with E-state index >= 15 is 0 Å². The highest BCUT2D eigenvalue weighted by atomic mass is 16.4. The minimum Gasteiger partial charge on any atom is -0.481 e. The van der Waals surface area contributed by atoms with Crippen molar-refractivity contribution in [2.24, 2.45) is 18.9 Å². The number of hydrogen-bond acceptors (Lipinski definition) is 4. The van der Waals surface area contributed by atoms with Crippen LogP contribution in [0.4, 0.5) is 0 Å². The van der Waals surface area contributed by atoms with Crippen molar-refractivity contribution in [2.75, 3.05) is 6.54 Å². The molecule has 2 N–H and O–H groups in total. The molecule has 0 aromatic carbocycles. The number of carboxylic acid groups (broad SMARTS) is 1. The number of carboxylic acids is 1. The molecule has 1 aliphatic rings. The van der Waals surface area contributed by atoms with Gasteiger partial charge in [-0.25, -0.2) is 4.68 Å². The SMILES string of the molecule is Cn1nc(C(=O)NCC2CCCC2C(=O)O)ccc1=O. The van der Waals surface area contributed by atoms with E-state index in [0.29, 0.717) is 13.0 Å². The van der Waals surface area contributed by atoms with Gasteiger partial charge in [0.15, 0.2) is 0 Å². The number of rotatable bonds is 4. The lowest BCUT2D eigenvalue weighted by atomic mass is 9.96. The summed E-state index contributed by atoms with van der Waals surface area (Å²) in [5, 5.41) is 15.6. The van der Waals surface area contributed by atoms with Crippen molar-refractivity contribution in [3.05, 3.63) is 28.2 Å². The number of aliphatic carboxylic acids is 1. The van der Waals surface area contributed by atoms with Gasteiger partial charge in [-0.3, -0.25) is 14.4 Å². The summed E-state index contributed by atoms with van der Waals surface area (Å²) in [6.45, 7) is 0.320. The van der Waals surface area contributed by atoms with E-state index in [4.69, 9.17) is 5.11 Å². The van der Waals surface area contributed by atoms with Gasteiger partial charge in [-0.2, -0.15) is 5.10 Å². The Morgan fingerprint density at radius 3 is 2.85 bits per heavy atom. The van der Waals surface area contributed by atoms with Gasteiger partial charge in [0.2, 0.25) is 0 Å². The van der Waals surface area contributed by atoms with E-state index in [1.807, 2.05) is 0 Å². The molecule has 2 unspecified atom stereocenters. The maximum atomic E-state index is 11.9. The third-order valence-electron chi connectivity index (χ3n) is 3.69. The molecule has 2 atom stereocenters. The predicted octanol–water partition coefficient (Wildman–Crippen LogP) is 0.0110. The molecule has 0 saturated heterocycles. The van der Waals surface area contributed by atoms with Crippen molar-refractivity contribution in [3.8, 4) is 0 Å². The van der Waals surface area contributed by atoms with Crippen LogP contribution in [-0.2, 0) is 11.8 Å². The second kappa shape index (κ2) is 5.85. The van der Waals surface area contributed by atoms with Gasteiger partial charge in [0.1, 0.15) is 5.69 Å². The monoisotopic (exact) mass is 279 g/mol. The zero-order chi connectivity index (χ0) is 14.7. The number of aromatic nitrogens is 2. The van der Waals surface area contributed by atoms with Crippen LogP contribution in [0.5, 0.6) is 0 Å². The van der Waals surface area contributed by atoms with Crippen molar-refractivity contribution in [2.45, 2.75) is 19.3 Å². The summed E-state index contributed by atoms with van der Waals surface area (Å²) < 4.78 is 1.09. The number of amides is 1. The molecule has 0 spiro atoms. The lowest BCUT2D eigenvalue weighted by molar-refractivity contribution is -0.142. The van der Waals surface area contributed by atoms with E-state index in [0.717, 1.165) is 17.5 Å². The van der Waals surface area contributed by atoms with E-state index in [1.54, 1.807) is 0 Å². The van der Waals surface area contributed by atoms with Crippen molar-refractivity contribution in [1.82, 2.24) is 15.1 Å². The molecular weight excluding hydrogens is 262 g/mol. The molecule has 0 aliphatic heterocycles. The zero-order valence-electron chi connectivity index (χ0n) is 11.2. The Bertz CT molecular complexity index is 581. The summed E-state index contributed by atoms with van der Waals surface area (Å²) in [5.74, 6) is -1.62. The highest BCUT2D eigenvalue weighted by Gasteiger charge is 2.32. The van der Waals surface area contributed by atoms with Gasteiger partial charge in [-0.05, 0) is 24.8 Å². The standard InChI is InChI=1S/C13H17N3O4/c1-16-11(17)6-5-10(15-16)12(18)14-7-8-3-2-4-9(8)13(19)20/h5-6,8-9H,2-4,7H2,1H3,(H,14,18)(H,19,20). The van der Waals surface area contributed by atoms with Crippen LogP contribution >= 0.6 is 0 Å². The molecule has 0 radical (unpaired) electrons. The van der Waals surface area contributed by atoms with Gasteiger partial charge >= 0.3 is 5.97 Å². The maximum absolute atomic E-state index is 11.9. The lowest BCUT2D eigenvalue weighted by Gasteiger charge is -2.16. The third kappa shape index (κ3) is 3.04. The Morgan fingerprint density at radius 2 is 2.20 bits per heavy atom. The molecule has 1 aliphatic carbocycles. The Hall–Kier alpha value is -2.18. The summed E-state index contributed by atoms with van der Waals surface area (Å²) in [5.41, 5.74) is -0.139. The van der Waals surface area contributed by atoms with Crippen molar-refractivity contribution < 1.29 is 14.7 Å². The van der Waals surface area contributed by atoms with Gasteiger partial charge in [0.05, 0.1) is 5.92 Å². The quantitative estimate of drug-likeness (QED) is 0.808. The van der Waals surface area contributed by atoms with Crippen molar-refractivity contribution in [3.63, 3.8) is 0 Å². The number of carbonyl (C=O) groups is 2. The van der Waals surface area contributed by atoms with Crippen LogP contribution in [-0.4, -0.2) is 33.3 Å². The lowest BCUT2D eigenvalue weighted by Crippen LogP contribution is -2.34. The molecule has 1 heterocycles. The highest BCUT2D eigenvalue weighted by Crippen LogP contribution is 2.31. The van der Waals surface area contributed by atoms with Gasteiger partial charge in [0, 0.05) is 19.7 Å². The summed E-state index contributed by atoms with van der Waals surface area (Å²) in [6.07, 6.45) is 2.33. The van der Waals surface area contributed by atoms with E-state index in [-0.39, 0.29) is 23.1 Å². The van der Waals surface area contributed by atoms with Crippen LogP contribution in [0, 0.1) is 11.8 Å². The van der Waals surface area contributed by atoms with Crippen LogP contribution in [0.3, 0.4) is 0 Å². The van der Waals surface area contributed by atoms with Crippen LogP contribution < -0.4 is 10.9 Å². The fourth-order valence-corrected chi connectivity index (χ4v) is 2.54. The molecule has 1 amide bonds. The number of aryl methyl sites for hydroxylation is 1. The molecule has 108 valence electrons. The van der Waals surface area contributed by atoms with Gasteiger partial charge in [-0.15, -0.1) is 0 Å². The Morgan fingerprint density at radius 1 is 1.45 bits per heavy atom. The van der Waals surface area contributed by atoms with Crippen LogP contribution in [0.2, 0.25) is 0 Å². The first kappa shape index (κ1) is 14.2. The number of nitrogens with one attached hydrogen (secondary N) is 1. The molecule has 20 heavy (non-hydrogen) atoms. The molecule has 0 bridgehead atoms. The van der Waals surface area contributed by atoms with E-state index in [1.165, 1.54) is 19.2 Å². The van der Waals surface area contributed by atoms with Gasteiger partial charge in [0.25, 0.3) is 11.5 Å². The Balaban J connectivity index is 1.96. The summed E-state index contributed by atoms with van der Waals surface area (Å²) in [7, 11) is 1.47. The Labute approximate surface area is 115 Å². The number of nitrogens with zero attached hydrogens (tertiary/aromatic N) is 2. The molecule has 1 saturated carbocycles. The molecule has 7 heteroatoms. The zero-order valence-corrected chi connectivity index (χ0v) is 11.2. The fourth-order valence-electron chi connectivity index (χ4n) is 2.54. The predicted molar refractivity (Wildman–Crippen MR) is 70.3 cm³/mol. The molecule has 2 rings (SSSR count). The van der Waals surface area contributed by atoms with Crippen LogP contribution in [0.1, 0.15) is 29.8 Å².